The number of amides is 1. The third kappa shape index (κ3) is 6.02. The number of benzene rings is 1. The predicted octanol–water partition coefficient (Wildman–Crippen LogP) is 3.54. The Hall–Kier alpha value is -3.38. The summed E-state index contributed by atoms with van der Waals surface area (Å²) in [5.74, 6) is 0.675. The molecule has 2 N–H and O–H groups in total. The maximum Gasteiger partial charge on any atom is 0.296 e. The summed E-state index contributed by atoms with van der Waals surface area (Å²) in [4.78, 5) is 27.9. The van der Waals surface area contributed by atoms with Crippen molar-refractivity contribution in [2.75, 3.05) is 37.7 Å². The number of aromatic nitrogens is 4. The third-order valence-corrected chi connectivity index (χ3v) is 7.98. The van der Waals surface area contributed by atoms with Crippen molar-refractivity contribution in [1.29, 1.82) is 0 Å². The van der Waals surface area contributed by atoms with Crippen LogP contribution in [0.1, 0.15) is 57.7 Å². The van der Waals surface area contributed by atoms with E-state index in [4.69, 9.17) is 9.47 Å². The zero-order valence-corrected chi connectivity index (χ0v) is 22.6. The molecule has 0 unspecified atom stereocenters. The number of para-hydroxylation sites is 2. The summed E-state index contributed by atoms with van der Waals surface area (Å²) in [6.07, 6.45) is 2.42. The number of anilines is 1. The van der Waals surface area contributed by atoms with E-state index in [2.05, 4.69) is 32.5 Å². The number of carbonyl (C=O) groups is 1. The van der Waals surface area contributed by atoms with E-state index in [-0.39, 0.29) is 35.2 Å². The number of nitrogens with one attached hydrogen (secondary N) is 2. The van der Waals surface area contributed by atoms with Crippen molar-refractivity contribution in [3.8, 4) is 11.7 Å². The van der Waals surface area contributed by atoms with Crippen molar-refractivity contribution in [2.45, 2.75) is 69.6 Å². The van der Waals surface area contributed by atoms with Crippen molar-refractivity contribution in [2.24, 2.45) is 0 Å². The molecule has 10 nitrogen and oxygen atoms in total. The van der Waals surface area contributed by atoms with Crippen LogP contribution in [-0.4, -0.2) is 76.0 Å². The van der Waals surface area contributed by atoms with E-state index in [9.17, 15) is 13.6 Å². The van der Waals surface area contributed by atoms with E-state index in [1.807, 2.05) is 4.90 Å². The molecule has 0 bridgehead atoms. The van der Waals surface area contributed by atoms with Gasteiger partial charge in [0.2, 0.25) is 17.7 Å². The van der Waals surface area contributed by atoms with Crippen LogP contribution in [0.5, 0.6) is 5.88 Å². The topological polar surface area (TPSA) is 106 Å². The highest BCUT2D eigenvalue weighted by atomic mass is 19.3. The summed E-state index contributed by atoms with van der Waals surface area (Å²) >= 11 is 0. The molecule has 214 valence electrons. The van der Waals surface area contributed by atoms with Crippen LogP contribution in [0.15, 0.2) is 30.3 Å². The first-order chi connectivity index (χ1) is 19.4. The summed E-state index contributed by atoms with van der Waals surface area (Å²) in [6.45, 7) is 4.72. The second-order valence-electron chi connectivity index (χ2n) is 11.1. The van der Waals surface area contributed by atoms with Crippen molar-refractivity contribution in [1.82, 2.24) is 30.2 Å². The average molecular weight is 556 g/mol. The summed E-state index contributed by atoms with van der Waals surface area (Å²) in [6, 6.07) is 8.74. The molecule has 1 saturated heterocycles. The molecule has 0 atom stereocenters. The molecule has 1 aliphatic heterocycles. The molecule has 3 aliphatic rings. The molecule has 1 amide bonds. The van der Waals surface area contributed by atoms with Crippen LogP contribution in [0.25, 0.3) is 16.9 Å². The van der Waals surface area contributed by atoms with Gasteiger partial charge in [0.1, 0.15) is 11.9 Å². The quantitative estimate of drug-likeness (QED) is 0.413. The Morgan fingerprint density at radius 2 is 1.88 bits per heavy atom. The fourth-order valence-electron chi connectivity index (χ4n) is 5.34. The highest BCUT2D eigenvalue weighted by molar-refractivity contribution is 5.79. The summed E-state index contributed by atoms with van der Waals surface area (Å²) in [5, 5.41) is 6.45. The molecule has 3 aromatic rings. The minimum absolute atomic E-state index is 0.0236. The second-order valence-corrected chi connectivity index (χ2v) is 11.1. The number of halogens is 2. The van der Waals surface area contributed by atoms with Gasteiger partial charge < -0.3 is 25.0 Å². The van der Waals surface area contributed by atoms with Gasteiger partial charge >= 0.3 is 0 Å². The highest BCUT2D eigenvalue weighted by Gasteiger charge is 2.37. The van der Waals surface area contributed by atoms with E-state index in [0.717, 1.165) is 38.5 Å². The maximum absolute atomic E-state index is 14.1. The summed E-state index contributed by atoms with van der Waals surface area (Å²) in [7, 11) is 0. The average Bonchev–Trinajstić information content (AvgIpc) is 3.57. The van der Waals surface area contributed by atoms with Gasteiger partial charge in [-0.05, 0) is 57.6 Å². The van der Waals surface area contributed by atoms with Crippen LogP contribution in [0.3, 0.4) is 0 Å². The Morgan fingerprint density at radius 3 is 2.60 bits per heavy atom. The number of hydrogen-bond acceptors (Lipinski definition) is 8. The molecule has 12 heteroatoms. The van der Waals surface area contributed by atoms with Gasteiger partial charge in [-0.1, -0.05) is 12.1 Å². The third-order valence-electron chi connectivity index (χ3n) is 7.98. The maximum atomic E-state index is 14.1. The highest BCUT2D eigenvalue weighted by Crippen LogP contribution is 2.34. The van der Waals surface area contributed by atoms with Gasteiger partial charge in [-0.15, -0.1) is 0 Å². The van der Waals surface area contributed by atoms with Crippen LogP contribution >= 0.6 is 0 Å². The molecule has 2 aromatic heterocycles. The molecule has 3 fully saturated rings. The lowest BCUT2D eigenvalue weighted by molar-refractivity contribution is -0.121. The molecule has 0 spiro atoms. The largest absolute Gasteiger partial charge is 0.474 e. The van der Waals surface area contributed by atoms with Crippen molar-refractivity contribution < 1.29 is 23.0 Å². The van der Waals surface area contributed by atoms with Crippen LogP contribution < -0.4 is 20.3 Å². The fourth-order valence-corrected chi connectivity index (χ4v) is 5.34. The van der Waals surface area contributed by atoms with Gasteiger partial charge in [-0.25, -0.2) is 13.8 Å². The Morgan fingerprint density at radius 1 is 1.12 bits per heavy atom. The van der Waals surface area contributed by atoms with Gasteiger partial charge in [0.25, 0.3) is 6.43 Å². The van der Waals surface area contributed by atoms with E-state index in [1.54, 1.807) is 30.3 Å². The number of hydrogen-bond donors (Lipinski definition) is 2. The van der Waals surface area contributed by atoms with E-state index in [1.165, 1.54) is 4.57 Å². The van der Waals surface area contributed by atoms with Gasteiger partial charge in [0.05, 0.1) is 30.8 Å². The molecule has 3 heterocycles. The Kier molecular flexibility index (Phi) is 7.54. The number of rotatable bonds is 9. The fraction of sp³-hybridized carbons (Fsp3) is 0.571. The number of alkyl halides is 2. The van der Waals surface area contributed by atoms with Gasteiger partial charge in [-0.2, -0.15) is 9.97 Å². The number of nitrogens with zero attached hydrogens (tertiary/aromatic N) is 5. The lowest BCUT2D eigenvalue weighted by Gasteiger charge is -2.30. The van der Waals surface area contributed by atoms with E-state index >= 15 is 0 Å². The standard InChI is InChI=1S/C28H35F2N7O3/c1-28(10-11-28)31-17-23(38)32-18-6-8-19(9-7-18)40-24-16-22(34-27(35-24)36-12-14-39-15-13-36)37-21-5-3-2-4-20(21)33-26(37)25(29)30/h2-5,16,18-19,25,31H,6-15,17H2,1H3,(H,32,38). The van der Waals surface area contributed by atoms with Crippen molar-refractivity contribution in [3.05, 3.63) is 36.2 Å². The predicted molar refractivity (Wildman–Crippen MR) is 145 cm³/mol. The molecule has 6 rings (SSSR count). The monoisotopic (exact) mass is 555 g/mol. The second kappa shape index (κ2) is 11.2. The molecular formula is C28H35F2N7O3. The number of ether oxygens (including phenoxy) is 2. The lowest BCUT2D eigenvalue weighted by atomic mass is 9.93. The van der Waals surface area contributed by atoms with Gasteiger partial charge in [0.15, 0.2) is 5.82 Å². The number of carbonyl (C=O) groups excluding carboxylic acids is 1. The number of imidazole rings is 1. The first-order valence-electron chi connectivity index (χ1n) is 14.1. The van der Waals surface area contributed by atoms with Crippen LogP contribution in [0, 0.1) is 0 Å². The minimum atomic E-state index is -2.79. The summed E-state index contributed by atoms with van der Waals surface area (Å²) in [5.41, 5.74) is 1.13. The first-order valence-corrected chi connectivity index (χ1v) is 14.1. The summed E-state index contributed by atoms with van der Waals surface area (Å²) < 4.78 is 41.4. The number of fused-ring (bicyclic) bond motifs is 1. The zero-order chi connectivity index (χ0) is 27.7. The van der Waals surface area contributed by atoms with Gasteiger partial charge in [0, 0.05) is 30.7 Å². The SMILES string of the molecule is CC1(NCC(=O)NC2CCC(Oc3cc(-n4c(C(F)F)nc5ccccc54)nc(N4CCOCC4)n3)CC2)CC1. The van der Waals surface area contributed by atoms with Crippen LogP contribution in [0.2, 0.25) is 0 Å². The number of morpholine rings is 1. The molecule has 1 aromatic carbocycles. The molecule has 0 radical (unpaired) electrons. The zero-order valence-electron chi connectivity index (χ0n) is 22.6. The first kappa shape index (κ1) is 26.8. The molecular weight excluding hydrogens is 520 g/mol. The molecule has 2 saturated carbocycles. The van der Waals surface area contributed by atoms with Crippen LogP contribution in [0.4, 0.5) is 14.7 Å². The minimum Gasteiger partial charge on any atom is -0.474 e. The molecule has 40 heavy (non-hydrogen) atoms. The van der Waals surface area contributed by atoms with Crippen molar-refractivity contribution >= 4 is 22.9 Å². The Balaban J connectivity index is 1.20. The lowest BCUT2D eigenvalue weighted by Crippen LogP contribution is -2.45. The van der Waals surface area contributed by atoms with E-state index < -0.39 is 6.43 Å². The molecule has 2 aliphatic carbocycles. The van der Waals surface area contributed by atoms with Crippen molar-refractivity contribution in [3.63, 3.8) is 0 Å². The van der Waals surface area contributed by atoms with Crippen LogP contribution in [-0.2, 0) is 9.53 Å². The van der Waals surface area contributed by atoms with E-state index in [0.29, 0.717) is 55.7 Å². The smallest absolute Gasteiger partial charge is 0.296 e. The Labute approximate surface area is 231 Å². The Bertz CT molecular complexity index is 1350. The normalized spacial score (nSPS) is 22.4. The van der Waals surface area contributed by atoms with Gasteiger partial charge in [-0.3, -0.25) is 9.36 Å².